The number of likely N-dealkylation sites (tertiary alicyclic amines) is 1. The maximum Gasteiger partial charge on any atom is 0.226 e. The van der Waals surface area contributed by atoms with Gasteiger partial charge < -0.3 is 4.90 Å². The molecule has 0 radical (unpaired) electrons. The Morgan fingerprint density at radius 3 is 2.62 bits per heavy atom. The van der Waals surface area contributed by atoms with Crippen LogP contribution < -0.4 is 0 Å². The molecule has 1 amide bonds. The molecule has 0 unspecified atom stereocenters. The van der Waals surface area contributed by atoms with Gasteiger partial charge in [0.25, 0.3) is 0 Å². The van der Waals surface area contributed by atoms with Crippen molar-refractivity contribution in [3.63, 3.8) is 0 Å². The zero-order valence-corrected chi connectivity index (χ0v) is 16.1. The van der Waals surface area contributed by atoms with Crippen LogP contribution in [-0.4, -0.2) is 47.9 Å². The van der Waals surface area contributed by atoms with E-state index in [9.17, 15) is 4.79 Å². The molecule has 1 heterocycles. The molecule has 2 aliphatic carbocycles. The smallest absolute Gasteiger partial charge is 0.226 e. The molecular formula is C23H32N2O. The van der Waals surface area contributed by atoms with Crippen molar-refractivity contribution < 1.29 is 4.79 Å². The van der Waals surface area contributed by atoms with Crippen molar-refractivity contribution in [1.29, 1.82) is 0 Å². The second kappa shape index (κ2) is 7.96. The van der Waals surface area contributed by atoms with E-state index in [0.29, 0.717) is 24.4 Å². The number of piperidine rings is 1. The number of hydrogen-bond donors (Lipinski definition) is 0. The maximum absolute atomic E-state index is 12.8. The van der Waals surface area contributed by atoms with Gasteiger partial charge in [-0.3, -0.25) is 9.69 Å². The third kappa shape index (κ3) is 3.88. The van der Waals surface area contributed by atoms with Crippen LogP contribution in [0.3, 0.4) is 0 Å². The van der Waals surface area contributed by atoms with Crippen LogP contribution in [0.5, 0.6) is 0 Å². The Morgan fingerprint density at radius 2 is 1.92 bits per heavy atom. The van der Waals surface area contributed by atoms with Crippen LogP contribution in [0, 0.1) is 0 Å². The lowest BCUT2D eigenvalue weighted by Gasteiger charge is -2.40. The minimum absolute atomic E-state index is 0.319. The fourth-order valence-electron chi connectivity index (χ4n) is 5.01. The Morgan fingerprint density at radius 1 is 1.15 bits per heavy atom. The predicted molar refractivity (Wildman–Crippen MR) is 106 cm³/mol. The van der Waals surface area contributed by atoms with E-state index in [1.54, 1.807) is 0 Å². The number of benzene rings is 1. The second-order valence-corrected chi connectivity index (χ2v) is 8.41. The lowest BCUT2D eigenvalue weighted by atomic mass is 9.96. The van der Waals surface area contributed by atoms with Gasteiger partial charge in [-0.05, 0) is 69.0 Å². The maximum atomic E-state index is 12.8. The molecular weight excluding hydrogens is 320 g/mol. The van der Waals surface area contributed by atoms with Crippen LogP contribution in [0.25, 0.3) is 0 Å². The van der Waals surface area contributed by atoms with Crippen molar-refractivity contribution in [3.05, 3.63) is 47.0 Å². The third-order valence-electron chi connectivity index (χ3n) is 6.68. The van der Waals surface area contributed by atoms with Gasteiger partial charge in [0.15, 0.2) is 0 Å². The molecule has 1 fully saturated rings. The average Bonchev–Trinajstić information content (AvgIpc) is 3.12. The first-order chi connectivity index (χ1) is 12.7. The molecule has 3 aliphatic rings. The fourth-order valence-corrected chi connectivity index (χ4v) is 5.01. The summed E-state index contributed by atoms with van der Waals surface area (Å²) in [5.41, 5.74) is 4.41. The van der Waals surface area contributed by atoms with Crippen LogP contribution in [0.15, 0.2) is 35.9 Å². The van der Waals surface area contributed by atoms with Crippen LogP contribution in [0.1, 0.15) is 56.1 Å². The van der Waals surface area contributed by atoms with Crippen molar-refractivity contribution in [2.24, 2.45) is 0 Å². The van der Waals surface area contributed by atoms with Gasteiger partial charge in [0, 0.05) is 32.1 Å². The SMILES string of the molecule is CN(C(=O)CC1=CCCCC1)[C@H]1CCCN(C2Cc3ccccc3C2)C1. The minimum Gasteiger partial charge on any atom is -0.341 e. The van der Waals surface area contributed by atoms with Gasteiger partial charge in [0.2, 0.25) is 5.91 Å². The van der Waals surface area contributed by atoms with Gasteiger partial charge in [0.1, 0.15) is 0 Å². The highest BCUT2D eigenvalue weighted by Crippen LogP contribution is 2.29. The first kappa shape index (κ1) is 17.8. The van der Waals surface area contributed by atoms with E-state index in [4.69, 9.17) is 0 Å². The van der Waals surface area contributed by atoms with Crippen molar-refractivity contribution in [2.75, 3.05) is 20.1 Å². The standard InChI is InChI=1S/C23H32N2O/c1-24(23(26)14-18-8-3-2-4-9-18)21-12-7-13-25(17-21)22-15-19-10-5-6-11-20(19)16-22/h5-6,8,10-11,21-22H,2-4,7,9,12-17H2,1H3/t21-/m0/s1. The molecule has 1 aromatic carbocycles. The van der Waals surface area contributed by atoms with Crippen molar-refractivity contribution in [2.45, 2.75) is 69.9 Å². The molecule has 1 aliphatic heterocycles. The lowest BCUT2D eigenvalue weighted by molar-refractivity contribution is -0.132. The Balaban J connectivity index is 1.34. The highest BCUT2D eigenvalue weighted by atomic mass is 16.2. The quantitative estimate of drug-likeness (QED) is 0.766. The number of amides is 1. The molecule has 3 nitrogen and oxygen atoms in total. The zero-order valence-electron chi connectivity index (χ0n) is 16.1. The number of nitrogens with zero attached hydrogens (tertiary/aromatic N) is 2. The number of carbonyl (C=O) groups excluding carboxylic acids is 1. The van der Waals surface area contributed by atoms with E-state index in [1.165, 1.54) is 55.3 Å². The van der Waals surface area contributed by atoms with Crippen molar-refractivity contribution >= 4 is 5.91 Å². The van der Waals surface area contributed by atoms with Crippen LogP contribution in [0.2, 0.25) is 0 Å². The molecule has 0 spiro atoms. The monoisotopic (exact) mass is 352 g/mol. The van der Waals surface area contributed by atoms with E-state index in [2.05, 4.69) is 40.1 Å². The summed E-state index contributed by atoms with van der Waals surface area (Å²) in [5, 5.41) is 0. The van der Waals surface area contributed by atoms with E-state index in [1.807, 2.05) is 7.05 Å². The van der Waals surface area contributed by atoms with Gasteiger partial charge in [-0.2, -0.15) is 0 Å². The van der Waals surface area contributed by atoms with Crippen LogP contribution >= 0.6 is 0 Å². The average molecular weight is 353 g/mol. The molecule has 4 rings (SSSR count). The first-order valence-corrected chi connectivity index (χ1v) is 10.4. The number of rotatable bonds is 4. The Labute approximate surface area is 158 Å². The number of allylic oxidation sites excluding steroid dienone is 1. The third-order valence-corrected chi connectivity index (χ3v) is 6.68. The van der Waals surface area contributed by atoms with E-state index in [-0.39, 0.29) is 0 Å². The van der Waals surface area contributed by atoms with Gasteiger partial charge in [-0.15, -0.1) is 0 Å². The van der Waals surface area contributed by atoms with Gasteiger partial charge in [0.05, 0.1) is 0 Å². The zero-order chi connectivity index (χ0) is 17.9. The fraction of sp³-hybridized carbons (Fsp3) is 0.609. The summed E-state index contributed by atoms with van der Waals surface area (Å²) in [6.45, 7) is 2.22. The molecule has 1 aromatic rings. The molecule has 1 atom stereocenters. The molecule has 0 bridgehead atoms. The number of fused-ring (bicyclic) bond motifs is 1. The normalized spacial score (nSPS) is 24.2. The number of likely N-dealkylation sites (N-methyl/N-ethyl adjacent to an activating group) is 1. The topological polar surface area (TPSA) is 23.6 Å². The van der Waals surface area contributed by atoms with E-state index < -0.39 is 0 Å². The van der Waals surface area contributed by atoms with Gasteiger partial charge in [-0.25, -0.2) is 0 Å². The summed E-state index contributed by atoms with van der Waals surface area (Å²) in [5.74, 6) is 0.319. The second-order valence-electron chi connectivity index (χ2n) is 8.41. The summed E-state index contributed by atoms with van der Waals surface area (Å²) in [4.78, 5) is 17.5. The summed E-state index contributed by atoms with van der Waals surface area (Å²) in [7, 11) is 2.03. The van der Waals surface area contributed by atoms with Gasteiger partial charge in [-0.1, -0.05) is 35.9 Å². The molecule has 26 heavy (non-hydrogen) atoms. The number of hydrogen-bond acceptors (Lipinski definition) is 2. The first-order valence-electron chi connectivity index (χ1n) is 10.4. The minimum atomic E-state index is 0.319. The summed E-state index contributed by atoms with van der Waals surface area (Å²) in [6, 6.07) is 9.89. The molecule has 0 aromatic heterocycles. The Bertz CT molecular complexity index is 656. The largest absolute Gasteiger partial charge is 0.341 e. The lowest BCUT2D eigenvalue weighted by Crippen LogP contribution is -2.51. The summed E-state index contributed by atoms with van der Waals surface area (Å²) < 4.78 is 0. The van der Waals surface area contributed by atoms with Gasteiger partial charge >= 0.3 is 0 Å². The molecule has 0 N–H and O–H groups in total. The van der Waals surface area contributed by atoms with Crippen molar-refractivity contribution in [1.82, 2.24) is 9.80 Å². The molecule has 1 saturated heterocycles. The Hall–Kier alpha value is -1.61. The highest BCUT2D eigenvalue weighted by molar-refractivity contribution is 5.78. The molecule has 3 heteroatoms. The molecule has 0 saturated carbocycles. The van der Waals surface area contributed by atoms with Crippen LogP contribution in [-0.2, 0) is 17.6 Å². The van der Waals surface area contributed by atoms with E-state index >= 15 is 0 Å². The highest BCUT2D eigenvalue weighted by Gasteiger charge is 2.32. The predicted octanol–water partition coefficient (Wildman–Crippen LogP) is 3.97. The summed E-state index contributed by atoms with van der Waals surface area (Å²) in [6.07, 6.45) is 12.5. The van der Waals surface area contributed by atoms with Crippen LogP contribution in [0.4, 0.5) is 0 Å². The molecule has 140 valence electrons. The van der Waals surface area contributed by atoms with E-state index in [0.717, 1.165) is 25.8 Å². The summed E-state index contributed by atoms with van der Waals surface area (Å²) >= 11 is 0. The Kier molecular flexibility index (Phi) is 5.44. The number of carbonyl (C=O) groups is 1. The van der Waals surface area contributed by atoms with Crippen molar-refractivity contribution in [3.8, 4) is 0 Å².